The molecule has 0 aromatic heterocycles. The summed E-state index contributed by atoms with van der Waals surface area (Å²) in [5, 5.41) is 0. The van der Waals surface area contributed by atoms with Crippen molar-refractivity contribution in [3.63, 3.8) is 0 Å². The van der Waals surface area contributed by atoms with Crippen molar-refractivity contribution in [3.05, 3.63) is 11.5 Å². The van der Waals surface area contributed by atoms with Crippen LogP contribution in [-0.2, 0) is 0 Å². The van der Waals surface area contributed by atoms with Crippen LogP contribution >= 0.6 is 0 Å². The van der Waals surface area contributed by atoms with Gasteiger partial charge >= 0.3 is 23.1 Å². The summed E-state index contributed by atoms with van der Waals surface area (Å²) in [5.74, 6) is 0. The molecule has 76 valence electrons. The van der Waals surface area contributed by atoms with Gasteiger partial charge in [-0.05, 0) is 0 Å². The van der Waals surface area contributed by atoms with E-state index < -0.39 is 0 Å². The van der Waals surface area contributed by atoms with Gasteiger partial charge in [0.25, 0.3) is 0 Å². The van der Waals surface area contributed by atoms with Crippen molar-refractivity contribution in [2.75, 3.05) is 13.1 Å². The summed E-state index contributed by atoms with van der Waals surface area (Å²) in [5.41, 5.74) is 13.4. The summed E-state index contributed by atoms with van der Waals surface area (Å²) < 4.78 is 0. The van der Waals surface area contributed by atoms with Crippen molar-refractivity contribution in [1.82, 2.24) is 0 Å². The normalized spacial score (nSPS) is 8.31. The minimum atomic E-state index is 0. The third-order valence-corrected chi connectivity index (χ3v) is 1.56. The molecule has 0 aromatic rings. The van der Waals surface area contributed by atoms with Crippen LogP contribution in [0.25, 0.3) is 11.5 Å². The SMILES string of the molecule is CCCCC[NH-].CCCCC[NH-].[Mg+2]. The Balaban J connectivity index is -0.000000143. The maximum atomic E-state index is 6.71. The van der Waals surface area contributed by atoms with Crippen LogP contribution in [0.3, 0.4) is 0 Å². The first-order valence-corrected chi connectivity index (χ1v) is 5.12. The van der Waals surface area contributed by atoms with Crippen molar-refractivity contribution in [3.8, 4) is 0 Å². The van der Waals surface area contributed by atoms with Gasteiger partial charge in [-0.25, -0.2) is 0 Å². The molecule has 0 rings (SSSR count). The molecular weight excluding hydrogens is 172 g/mol. The first-order chi connectivity index (χ1) is 5.83. The minimum Gasteiger partial charge on any atom is -0.677 e. The molecule has 0 bridgehead atoms. The fourth-order valence-corrected chi connectivity index (χ4v) is 0.750. The number of rotatable bonds is 6. The van der Waals surface area contributed by atoms with E-state index in [4.69, 9.17) is 11.5 Å². The van der Waals surface area contributed by atoms with Crippen LogP contribution in [0.2, 0.25) is 0 Å². The predicted molar refractivity (Wildman–Crippen MR) is 63.2 cm³/mol. The molecule has 0 saturated carbocycles. The van der Waals surface area contributed by atoms with Gasteiger partial charge < -0.3 is 11.5 Å². The zero-order chi connectivity index (χ0) is 9.66. The number of hydrogen-bond acceptors (Lipinski definition) is 0. The molecule has 0 unspecified atom stereocenters. The third kappa shape index (κ3) is 32.4. The minimum absolute atomic E-state index is 0. The van der Waals surface area contributed by atoms with E-state index in [2.05, 4.69) is 13.8 Å². The van der Waals surface area contributed by atoms with Crippen molar-refractivity contribution in [2.45, 2.75) is 52.4 Å². The van der Waals surface area contributed by atoms with E-state index in [-0.39, 0.29) is 23.1 Å². The zero-order valence-corrected chi connectivity index (χ0v) is 10.8. The molecule has 13 heavy (non-hydrogen) atoms. The summed E-state index contributed by atoms with van der Waals surface area (Å²) in [6.07, 6.45) is 7.08. The Morgan fingerprint density at radius 2 is 1.00 bits per heavy atom. The van der Waals surface area contributed by atoms with Gasteiger partial charge in [-0.1, -0.05) is 52.4 Å². The standard InChI is InChI=1S/2C5H12N.Mg/c2*1-2-3-4-5-6;/h2*6H,2-5H2,1H3;/q2*-1;+2. The maximum Gasteiger partial charge on any atom is 2.00 e. The molecule has 2 nitrogen and oxygen atoms in total. The second kappa shape index (κ2) is 23.0. The van der Waals surface area contributed by atoms with Gasteiger partial charge in [0.05, 0.1) is 0 Å². The van der Waals surface area contributed by atoms with Crippen LogP contribution in [0.5, 0.6) is 0 Å². The molecule has 0 heterocycles. The average Bonchev–Trinajstić information content (AvgIpc) is 2.12. The van der Waals surface area contributed by atoms with Gasteiger partial charge in [-0.2, -0.15) is 13.1 Å². The number of hydrogen-bond donors (Lipinski definition) is 0. The summed E-state index contributed by atoms with van der Waals surface area (Å²) >= 11 is 0. The quantitative estimate of drug-likeness (QED) is 0.454. The Morgan fingerprint density at radius 1 is 0.692 bits per heavy atom. The van der Waals surface area contributed by atoms with Crippen LogP contribution in [-0.4, -0.2) is 36.1 Å². The second-order valence-corrected chi connectivity index (χ2v) is 2.91. The summed E-state index contributed by atoms with van der Waals surface area (Å²) in [6, 6.07) is 0. The average molecular weight is 197 g/mol. The second-order valence-electron chi connectivity index (χ2n) is 2.91. The summed E-state index contributed by atoms with van der Waals surface area (Å²) in [6.45, 7) is 5.51. The molecule has 0 aliphatic heterocycles. The first-order valence-electron chi connectivity index (χ1n) is 5.12. The molecule has 0 fully saturated rings. The Labute approximate surface area is 100.0 Å². The maximum absolute atomic E-state index is 6.71. The van der Waals surface area contributed by atoms with E-state index in [0.717, 1.165) is 12.8 Å². The first kappa shape index (κ1) is 19.3. The molecular formula is C10H24MgN2. The molecule has 0 atom stereocenters. The molecule has 3 heteroatoms. The molecule has 0 spiro atoms. The van der Waals surface area contributed by atoms with Gasteiger partial charge in [0.15, 0.2) is 0 Å². The molecule has 0 saturated heterocycles. The summed E-state index contributed by atoms with van der Waals surface area (Å²) in [4.78, 5) is 0. The molecule has 0 aromatic carbocycles. The Kier molecular flexibility index (Phi) is 34.1. The van der Waals surface area contributed by atoms with Crippen LogP contribution in [0.1, 0.15) is 52.4 Å². The molecule has 0 aliphatic rings. The fourth-order valence-electron chi connectivity index (χ4n) is 0.750. The van der Waals surface area contributed by atoms with E-state index >= 15 is 0 Å². The number of nitrogens with one attached hydrogen (secondary N) is 2. The van der Waals surface area contributed by atoms with Crippen molar-refractivity contribution < 1.29 is 0 Å². The van der Waals surface area contributed by atoms with Gasteiger partial charge in [0.1, 0.15) is 0 Å². The van der Waals surface area contributed by atoms with Gasteiger partial charge in [0.2, 0.25) is 0 Å². The Hall–Kier alpha value is 0.686. The van der Waals surface area contributed by atoms with Crippen molar-refractivity contribution >= 4 is 23.1 Å². The van der Waals surface area contributed by atoms with Crippen LogP contribution in [0.15, 0.2) is 0 Å². The zero-order valence-electron chi connectivity index (χ0n) is 9.36. The third-order valence-electron chi connectivity index (χ3n) is 1.56. The van der Waals surface area contributed by atoms with Crippen molar-refractivity contribution in [1.29, 1.82) is 0 Å². The smallest absolute Gasteiger partial charge is 0.677 e. The largest absolute Gasteiger partial charge is 2.00 e. The molecule has 0 amide bonds. The van der Waals surface area contributed by atoms with Crippen LogP contribution in [0.4, 0.5) is 0 Å². The van der Waals surface area contributed by atoms with E-state index in [9.17, 15) is 0 Å². The molecule has 2 N–H and O–H groups in total. The molecule has 0 aliphatic carbocycles. The van der Waals surface area contributed by atoms with Crippen molar-refractivity contribution in [2.24, 2.45) is 0 Å². The molecule has 0 radical (unpaired) electrons. The van der Waals surface area contributed by atoms with Gasteiger partial charge in [0, 0.05) is 0 Å². The summed E-state index contributed by atoms with van der Waals surface area (Å²) in [7, 11) is 0. The topological polar surface area (TPSA) is 47.6 Å². The van der Waals surface area contributed by atoms with Gasteiger partial charge in [-0.3, -0.25) is 0 Å². The predicted octanol–water partition coefficient (Wildman–Crippen LogP) is 4.08. The van der Waals surface area contributed by atoms with E-state index in [1.807, 2.05) is 0 Å². The Morgan fingerprint density at radius 3 is 1.08 bits per heavy atom. The van der Waals surface area contributed by atoms with E-state index in [1.165, 1.54) is 25.7 Å². The Bertz CT molecular complexity index is 44.9. The van der Waals surface area contributed by atoms with Crippen LogP contribution in [0, 0.1) is 0 Å². The van der Waals surface area contributed by atoms with Crippen LogP contribution < -0.4 is 0 Å². The number of unbranched alkanes of at least 4 members (excludes halogenated alkanes) is 4. The van der Waals surface area contributed by atoms with E-state index in [1.54, 1.807) is 0 Å². The fraction of sp³-hybridized carbons (Fsp3) is 1.00. The monoisotopic (exact) mass is 196 g/mol. The van der Waals surface area contributed by atoms with Gasteiger partial charge in [-0.15, -0.1) is 0 Å². The van der Waals surface area contributed by atoms with E-state index in [0.29, 0.717) is 13.1 Å².